The summed E-state index contributed by atoms with van der Waals surface area (Å²) in [6.45, 7) is 16.7. The number of hydrogen-bond acceptors (Lipinski definition) is 6. The van der Waals surface area contributed by atoms with Crippen LogP contribution >= 0.6 is 0 Å². The van der Waals surface area contributed by atoms with Crippen LogP contribution in [0, 0.1) is 69.5 Å². The molecule has 228 valence electrons. The summed E-state index contributed by atoms with van der Waals surface area (Å²) in [4.78, 5) is 27.6. The van der Waals surface area contributed by atoms with E-state index < -0.39 is 46.8 Å². The number of aliphatic hydroxyl groups excluding tert-OH is 3. The minimum atomic E-state index is -1.11. The van der Waals surface area contributed by atoms with Crippen molar-refractivity contribution >= 4 is 11.6 Å². The molecule has 6 nitrogen and oxygen atoms in total. The van der Waals surface area contributed by atoms with Crippen LogP contribution in [0.25, 0.3) is 0 Å². The van der Waals surface area contributed by atoms with Crippen molar-refractivity contribution in [2.75, 3.05) is 0 Å². The van der Waals surface area contributed by atoms with Gasteiger partial charge in [-0.05, 0) is 62.2 Å². The summed E-state index contributed by atoms with van der Waals surface area (Å²) in [5.74, 6) is -0.270. The molecule has 0 bridgehead atoms. The third kappa shape index (κ3) is 4.01. The first-order chi connectivity index (χ1) is 18.6. The molecule has 15 unspecified atom stereocenters. The van der Waals surface area contributed by atoms with Gasteiger partial charge in [-0.1, -0.05) is 74.1 Å². The molecule has 0 aliphatic heterocycles. The molecule has 6 heteroatoms. The zero-order valence-corrected chi connectivity index (χ0v) is 26.2. The Morgan fingerprint density at radius 1 is 0.925 bits per heavy atom. The molecule has 0 aromatic rings. The lowest BCUT2D eigenvalue weighted by Gasteiger charge is -2.73. The summed E-state index contributed by atoms with van der Waals surface area (Å²) in [7, 11) is 0. The fourth-order valence-corrected chi connectivity index (χ4v) is 11.7. The van der Waals surface area contributed by atoms with Crippen LogP contribution in [0.15, 0.2) is 0 Å². The SMILES string of the molecule is CC(=O)C1C(O)CC2(C)C(OC(O)C3CCCCC3)C3(C)C(C)C4C(C)CCC(C)C4C(=O)C3C(C)C2(C)C1O. The average molecular weight is 561 g/mol. The minimum absolute atomic E-state index is 0.0222. The number of aliphatic hydroxyl groups is 3. The Morgan fingerprint density at radius 2 is 1.52 bits per heavy atom. The van der Waals surface area contributed by atoms with Crippen LogP contribution in [-0.4, -0.2) is 51.5 Å². The number of carbonyl (C=O) groups excluding carboxylic acids is 2. The van der Waals surface area contributed by atoms with Gasteiger partial charge in [0.1, 0.15) is 11.6 Å². The summed E-state index contributed by atoms with van der Waals surface area (Å²) in [6.07, 6.45) is 3.99. The molecule has 0 saturated heterocycles. The highest BCUT2D eigenvalue weighted by molar-refractivity contribution is 5.87. The molecule has 40 heavy (non-hydrogen) atoms. The molecule has 0 heterocycles. The summed E-state index contributed by atoms with van der Waals surface area (Å²) in [5.41, 5.74) is -2.21. The third-order valence-electron chi connectivity index (χ3n) is 14.2. The second-order valence-corrected chi connectivity index (χ2v) is 15.8. The van der Waals surface area contributed by atoms with Crippen molar-refractivity contribution in [1.29, 1.82) is 0 Å². The van der Waals surface area contributed by atoms with E-state index >= 15 is 0 Å². The standard InChI is InChI=1S/C34H56O6/c1-17-14-15-18(2)25-24(17)19(3)33(7)27(28(25)37)20(4)34(8)29(38)26(21(5)35)23(36)16-32(34,6)31(33)40-30(39)22-12-10-9-11-13-22/h17-20,22-27,29-31,36,38-39H,9-16H2,1-8H3. The van der Waals surface area contributed by atoms with E-state index in [1.807, 2.05) is 6.92 Å². The number of rotatable bonds is 4. The van der Waals surface area contributed by atoms with Crippen LogP contribution in [0.3, 0.4) is 0 Å². The van der Waals surface area contributed by atoms with Gasteiger partial charge in [-0.25, -0.2) is 0 Å². The van der Waals surface area contributed by atoms with Crippen molar-refractivity contribution < 1.29 is 29.6 Å². The highest BCUT2D eigenvalue weighted by Gasteiger charge is 2.76. The second-order valence-electron chi connectivity index (χ2n) is 15.8. The molecule has 15 atom stereocenters. The first-order valence-electron chi connectivity index (χ1n) is 16.4. The number of ketones is 2. The van der Waals surface area contributed by atoms with E-state index in [4.69, 9.17) is 4.74 Å². The van der Waals surface area contributed by atoms with Gasteiger partial charge >= 0.3 is 0 Å². The number of fused-ring (bicyclic) bond motifs is 3. The van der Waals surface area contributed by atoms with Crippen molar-refractivity contribution in [2.24, 2.45) is 69.5 Å². The number of carbonyl (C=O) groups is 2. The maximum atomic E-state index is 14.8. The summed E-state index contributed by atoms with van der Waals surface area (Å²) in [6, 6.07) is 0. The molecular formula is C34H56O6. The maximum Gasteiger partial charge on any atom is 0.157 e. The van der Waals surface area contributed by atoms with Crippen LogP contribution in [-0.2, 0) is 14.3 Å². The van der Waals surface area contributed by atoms with Crippen LogP contribution in [0.1, 0.15) is 107 Å². The third-order valence-corrected chi connectivity index (χ3v) is 14.2. The summed E-state index contributed by atoms with van der Waals surface area (Å²) < 4.78 is 6.94. The van der Waals surface area contributed by atoms with Gasteiger partial charge in [0.05, 0.1) is 24.2 Å². The van der Waals surface area contributed by atoms with Gasteiger partial charge in [0, 0.05) is 34.0 Å². The molecule has 5 aliphatic rings. The molecule has 0 spiro atoms. The zero-order valence-electron chi connectivity index (χ0n) is 26.2. The smallest absolute Gasteiger partial charge is 0.157 e. The second kappa shape index (κ2) is 10.4. The van der Waals surface area contributed by atoms with Gasteiger partial charge in [-0.2, -0.15) is 0 Å². The van der Waals surface area contributed by atoms with Gasteiger partial charge in [-0.3, -0.25) is 9.59 Å². The average Bonchev–Trinajstić information content (AvgIpc) is 2.89. The van der Waals surface area contributed by atoms with E-state index in [9.17, 15) is 24.9 Å². The molecule has 0 amide bonds. The predicted octanol–water partition coefficient (Wildman–Crippen LogP) is 5.40. The van der Waals surface area contributed by atoms with E-state index in [-0.39, 0.29) is 41.3 Å². The van der Waals surface area contributed by atoms with E-state index in [0.29, 0.717) is 24.0 Å². The fourth-order valence-electron chi connectivity index (χ4n) is 11.7. The van der Waals surface area contributed by atoms with Crippen LogP contribution in [0.4, 0.5) is 0 Å². The highest BCUT2D eigenvalue weighted by Crippen LogP contribution is 2.73. The molecule has 0 aromatic heterocycles. The van der Waals surface area contributed by atoms with Crippen LogP contribution in [0.2, 0.25) is 0 Å². The van der Waals surface area contributed by atoms with Crippen molar-refractivity contribution in [1.82, 2.24) is 0 Å². The van der Waals surface area contributed by atoms with Gasteiger partial charge < -0.3 is 20.1 Å². The van der Waals surface area contributed by atoms with Crippen molar-refractivity contribution in [2.45, 2.75) is 131 Å². The maximum absolute atomic E-state index is 14.8. The Kier molecular flexibility index (Phi) is 7.98. The van der Waals surface area contributed by atoms with Crippen molar-refractivity contribution in [3.63, 3.8) is 0 Å². The Bertz CT molecular complexity index is 991. The van der Waals surface area contributed by atoms with Crippen LogP contribution in [0.5, 0.6) is 0 Å². The molecule has 0 radical (unpaired) electrons. The first-order valence-corrected chi connectivity index (χ1v) is 16.4. The summed E-state index contributed by atoms with van der Waals surface area (Å²) in [5, 5.41) is 35.1. The van der Waals surface area contributed by atoms with Crippen molar-refractivity contribution in [3.05, 3.63) is 0 Å². The molecule has 5 saturated carbocycles. The summed E-state index contributed by atoms with van der Waals surface area (Å²) >= 11 is 0. The lowest BCUT2D eigenvalue weighted by atomic mass is 9.32. The fraction of sp³-hybridized carbons (Fsp3) is 0.941. The number of hydrogen-bond donors (Lipinski definition) is 3. The Hall–Kier alpha value is -0.820. The molecule has 0 aromatic carbocycles. The Labute approximate surface area is 242 Å². The molecule has 5 aliphatic carbocycles. The van der Waals surface area contributed by atoms with Gasteiger partial charge in [0.2, 0.25) is 0 Å². The van der Waals surface area contributed by atoms with E-state index in [1.54, 1.807) is 0 Å². The van der Waals surface area contributed by atoms with Gasteiger partial charge in [-0.15, -0.1) is 0 Å². The zero-order chi connectivity index (χ0) is 29.5. The topological polar surface area (TPSA) is 104 Å². The monoisotopic (exact) mass is 560 g/mol. The molecule has 3 N–H and O–H groups in total. The van der Waals surface area contributed by atoms with Crippen molar-refractivity contribution in [3.8, 4) is 0 Å². The number of Topliss-reactive ketones (excluding diaryl/α,β-unsaturated/α-hetero) is 2. The highest BCUT2D eigenvalue weighted by atomic mass is 16.6. The van der Waals surface area contributed by atoms with E-state index in [1.165, 1.54) is 13.3 Å². The molecule has 5 rings (SSSR count). The number of ether oxygens (including phenoxy) is 1. The van der Waals surface area contributed by atoms with Gasteiger partial charge in [0.15, 0.2) is 6.29 Å². The Balaban J connectivity index is 1.69. The quantitative estimate of drug-likeness (QED) is 0.398. The Morgan fingerprint density at radius 3 is 2.12 bits per heavy atom. The molecular weight excluding hydrogens is 504 g/mol. The van der Waals surface area contributed by atoms with Gasteiger partial charge in [0.25, 0.3) is 0 Å². The van der Waals surface area contributed by atoms with E-state index in [0.717, 1.165) is 38.5 Å². The normalized spacial score (nSPS) is 54.2. The molecule has 5 fully saturated rings. The largest absolute Gasteiger partial charge is 0.392 e. The van der Waals surface area contributed by atoms with E-state index in [2.05, 4.69) is 41.5 Å². The predicted molar refractivity (Wildman–Crippen MR) is 154 cm³/mol. The lowest BCUT2D eigenvalue weighted by molar-refractivity contribution is -0.340. The minimum Gasteiger partial charge on any atom is -0.392 e. The van der Waals surface area contributed by atoms with Crippen LogP contribution < -0.4 is 0 Å². The lowest BCUT2D eigenvalue weighted by Crippen LogP contribution is -2.77. The first kappa shape index (κ1) is 30.6.